The van der Waals surface area contributed by atoms with Crippen LogP contribution in [-0.4, -0.2) is 23.0 Å². The predicted octanol–water partition coefficient (Wildman–Crippen LogP) is 2.07. The van der Waals surface area contributed by atoms with E-state index in [1.165, 1.54) is 0 Å². The lowest BCUT2D eigenvalue weighted by atomic mass is 10.1. The molecule has 1 aromatic carbocycles. The Hall–Kier alpha value is -1.26. The summed E-state index contributed by atoms with van der Waals surface area (Å²) in [4.78, 5) is 10.3. The van der Waals surface area contributed by atoms with Crippen LogP contribution < -0.4 is 0 Å². The van der Waals surface area contributed by atoms with Gasteiger partial charge in [0.2, 0.25) is 0 Å². The molecule has 4 nitrogen and oxygen atoms in total. The Kier molecular flexibility index (Phi) is 3.73. The van der Waals surface area contributed by atoms with E-state index in [1.54, 1.807) is 24.3 Å². The third kappa shape index (κ3) is 2.90. The highest BCUT2D eigenvalue weighted by molar-refractivity contribution is 6.30. The number of ether oxygens (including phenoxy) is 1. The summed E-state index contributed by atoms with van der Waals surface area (Å²) in [5.41, 5.74) is 0.530. The van der Waals surface area contributed by atoms with Gasteiger partial charge in [0.25, 0.3) is 0 Å². The molecule has 0 saturated carbocycles. The molecule has 0 saturated heterocycles. The molecule has 0 aliphatic carbocycles. The van der Waals surface area contributed by atoms with Crippen molar-refractivity contribution in [2.75, 3.05) is 6.61 Å². The molecule has 76 valence electrons. The lowest BCUT2D eigenvalue weighted by Gasteiger charge is -2.13. The van der Waals surface area contributed by atoms with E-state index in [0.29, 0.717) is 10.6 Å². The molecule has 14 heavy (non-hydrogen) atoms. The summed E-state index contributed by atoms with van der Waals surface area (Å²) in [5, 5.41) is 17.7. The average molecular weight is 217 g/mol. The summed E-state index contributed by atoms with van der Waals surface area (Å²) in [6, 6.07) is 6.49. The van der Waals surface area contributed by atoms with Crippen molar-refractivity contribution in [3.63, 3.8) is 0 Å². The van der Waals surface area contributed by atoms with Gasteiger partial charge in [-0.25, -0.2) is 4.79 Å². The second-order valence-electron chi connectivity index (χ2n) is 2.61. The maximum absolute atomic E-state index is 10.3. The fourth-order valence-corrected chi connectivity index (χ4v) is 1.24. The Morgan fingerprint density at radius 2 is 2.29 bits per heavy atom. The van der Waals surface area contributed by atoms with E-state index in [2.05, 4.69) is 4.74 Å². The van der Waals surface area contributed by atoms with Crippen molar-refractivity contribution in [1.82, 2.24) is 0 Å². The largest absolute Gasteiger partial charge is 0.506 e. The molecule has 1 aromatic rings. The van der Waals surface area contributed by atoms with Gasteiger partial charge >= 0.3 is 6.16 Å². The molecule has 0 amide bonds. The molecular formula is C9H9ClO4. The topological polar surface area (TPSA) is 66.8 Å². The Balaban J connectivity index is 2.83. The van der Waals surface area contributed by atoms with Gasteiger partial charge in [-0.05, 0) is 17.7 Å². The molecule has 0 heterocycles. The van der Waals surface area contributed by atoms with Crippen molar-refractivity contribution in [2.45, 2.75) is 6.10 Å². The van der Waals surface area contributed by atoms with E-state index in [9.17, 15) is 4.79 Å². The third-order valence-electron chi connectivity index (χ3n) is 1.63. The van der Waals surface area contributed by atoms with Crippen LogP contribution in [0.25, 0.3) is 0 Å². The molecule has 0 aliphatic rings. The highest BCUT2D eigenvalue weighted by atomic mass is 35.5. The van der Waals surface area contributed by atoms with Gasteiger partial charge in [0, 0.05) is 5.02 Å². The van der Waals surface area contributed by atoms with E-state index < -0.39 is 18.9 Å². The first-order valence-corrected chi connectivity index (χ1v) is 4.27. The predicted molar refractivity (Wildman–Crippen MR) is 50.4 cm³/mol. The second kappa shape index (κ2) is 4.83. The van der Waals surface area contributed by atoms with Crippen molar-refractivity contribution in [3.8, 4) is 0 Å². The molecule has 0 aromatic heterocycles. The first-order chi connectivity index (χ1) is 6.63. The normalized spacial score (nSPS) is 12.1. The number of carbonyl (C=O) groups is 1. The fraction of sp³-hybridized carbons (Fsp3) is 0.222. The van der Waals surface area contributed by atoms with Gasteiger partial charge in [0.15, 0.2) is 6.10 Å². The minimum atomic E-state index is -1.43. The summed E-state index contributed by atoms with van der Waals surface area (Å²) >= 11 is 5.70. The fourth-order valence-electron chi connectivity index (χ4n) is 1.04. The van der Waals surface area contributed by atoms with E-state index in [4.69, 9.17) is 21.8 Å². The van der Waals surface area contributed by atoms with Crippen LogP contribution in [0.3, 0.4) is 0 Å². The van der Waals surface area contributed by atoms with Crippen molar-refractivity contribution < 1.29 is 19.7 Å². The number of halogens is 1. The van der Waals surface area contributed by atoms with Gasteiger partial charge in [-0.15, -0.1) is 0 Å². The van der Waals surface area contributed by atoms with Gasteiger partial charge in [0.1, 0.15) is 0 Å². The summed E-state index contributed by atoms with van der Waals surface area (Å²) in [6.45, 7) is -0.410. The van der Waals surface area contributed by atoms with Crippen LogP contribution in [0.5, 0.6) is 0 Å². The lowest BCUT2D eigenvalue weighted by Crippen LogP contribution is -2.12. The number of hydrogen-bond acceptors (Lipinski definition) is 3. The second-order valence-corrected chi connectivity index (χ2v) is 3.05. The Morgan fingerprint density at radius 3 is 2.79 bits per heavy atom. The molecule has 1 unspecified atom stereocenters. The van der Waals surface area contributed by atoms with Crippen molar-refractivity contribution >= 4 is 17.8 Å². The van der Waals surface area contributed by atoms with Crippen LogP contribution >= 0.6 is 11.6 Å². The molecule has 0 bridgehead atoms. The van der Waals surface area contributed by atoms with Gasteiger partial charge in [-0.3, -0.25) is 0 Å². The van der Waals surface area contributed by atoms with Crippen LogP contribution in [0.1, 0.15) is 11.7 Å². The van der Waals surface area contributed by atoms with Gasteiger partial charge in [-0.2, -0.15) is 0 Å². The molecule has 1 atom stereocenters. The quantitative estimate of drug-likeness (QED) is 0.759. The van der Waals surface area contributed by atoms with Crippen LogP contribution in [0, 0.1) is 0 Å². The van der Waals surface area contributed by atoms with Crippen molar-refractivity contribution in [1.29, 1.82) is 0 Å². The Labute approximate surface area is 85.7 Å². The van der Waals surface area contributed by atoms with E-state index >= 15 is 0 Å². The number of carboxylic acid groups (broad SMARTS) is 1. The molecule has 0 aliphatic heterocycles. The highest BCUT2D eigenvalue weighted by Gasteiger charge is 2.14. The van der Waals surface area contributed by atoms with Crippen LogP contribution in [0.4, 0.5) is 4.79 Å². The Bertz CT molecular complexity index is 326. The number of benzene rings is 1. The zero-order valence-electron chi connectivity index (χ0n) is 7.18. The monoisotopic (exact) mass is 216 g/mol. The van der Waals surface area contributed by atoms with Gasteiger partial charge < -0.3 is 14.9 Å². The Morgan fingerprint density at radius 1 is 1.57 bits per heavy atom. The average Bonchev–Trinajstić information content (AvgIpc) is 2.14. The van der Waals surface area contributed by atoms with E-state index in [0.717, 1.165) is 0 Å². The zero-order chi connectivity index (χ0) is 10.6. The van der Waals surface area contributed by atoms with Gasteiger partial charge in [-0.1, -0.05) is 23.7 Å². The summed E-state index contributed by atoms with van der Waals surface area (Å²) in [5.74, 6) is 0. The number of aliphatic hydroxyl groups excluding tert-OH is 1. The van der Waals surface area contributed by atoms with E-state index in [-0.39, 0.29) is 0 Å². The summed E-state index contributed by atoms with van der Waals surface area (Å²) in [6.07, 6.45) is -2.31. The van der Waals surface area contributed by atoms with Crippen LogP contribution in [0.2, 0.25) is 5.02 Å². The number of rotatable bonds is 3. The molecule has 0 radical (unpaired) electrons. The van der Waals surface area contributed by atoms with Gasteiger partial charge in [0.05, 0.1) is 6.61 Å². The molecular weight excluding hydrogens is 208 g/mol. The van der Waals surface area contributed by atoms with E-state index in [1.807, 2.05) is 0 Å². The third-order valence-corrected chi connectivity index (χ3v) is 1.86. The maximum Gasteiger partial charge on any atom is 0.506 e. The maximum atomic E-state index is 10.3. The first-order valence-electron chi connectivity index (χ1n) is 3.89. The highest BCUT2D eigenvalue weighted by Crippen LogP contribution is 2.20. The number of hydrogen-bond donors (Lipinski definition) is 2. The van der Waals surface area contributed by atoms with Crippen LogP contribution in [0.15, 0.2) is 24.3 Å². The molecule has 2 N–H and O–H groups in total. The standard InChI is InChI=1S/C9H9ClO4/c10-7-3-1-2-6(4-7)8(5-11)14-9(12)13/h1-4,8,11H,5H2,(H,12,13). The first kappa shape index (κ1) is 10.8. The molecule has 0 spiro atoms. The SMILES string of the molecule is O=C(O)OC(CO)c1cccc(Cl)c1. The lowest BCUT2D eigenvalue weighted by molar-refractivity contribution is 0.0232. The molecule has 5 heteroatoms. The zero-order valence-corrected chi connectivity index (χ0v) is 7.94. The summed E-state index contributed by atoms with van der Waals surface area (Å²) in [7, 11) is 0. The minimum Gasteiger partial charge on any atom is -0.450 e. The summed E-state index contributed by atoms with van der Waals surface area (Å²) < 4.78 is 4.45. The number of aliphatic hydroxyl groups is 1. The molecule has 0 fully saturated rings. The smallest absolute Gasteiger partial charge is 0.450 e. The van der Waals surface area contributed by atoms with Crippen molar-refractivity contribution in [2.24, 2.45) is 0 Å². The molecule has 1 rings (SSSR count). The van der Waals surface area contributed by atoms with Crippen molar-refractivity contribution in [3.05, 3.63) is 34.9 Å². The minimum absolute atomic E-state index is 0.410. The van der Waals surface area contributed by atoms with Crippen LogP contribution in [-0.2, 0) is 4.74 Å².